The zero-order valence-electron chi connectivity index (χ0n) is 17.4. The molecule has 0 unspecified atom stereocenters. The highest BCUT2D eigenvalue weighted by Crippen LogP contribution is 2.39. The number of aromatic nitrogens is 1. The number of hydrogen-bond acceptors (Lipinski definition) is 7. The average molecular weight is 422 g/mol. The van der Waals surface area contributed by atoms with Gasteiger partial charge in [-0.05, 0) is 46.2 Å². The molecule has 0 saturated heterocycles. The lowest BCUT2D eigenvalue weighted by atomic mass is 10.1. The predicted octanol–water partition coefficient (Wildman–Crippen LogP) is 3.28. The molecule has 9 heteroatoms. The van der Waals surface area contributed by atoms with Crippen molar-refractivity contribution in [2.24, 2.45) is 0 Å². The first-order chi connectivity index (χ1) is 13.9. The number of ether oxygens (including phenoxy) is 3. The molecular weight excluding hydrogens is 394 g/mol. The lowest BCUT2D eigenvalue weighted by molar-refractivity contribution is 0.0848. The molecule has 1 heterocycles. The van der Waals surface area contributed by atoms with Crippen LogP contribution in [0.1, 0.15) is 58.4 Å². The minimum Gasteiger partial charge on any atom is -0.490 e. The van der Waals surface area contributed by atoms with Gasteiger partial charge in [0, 0.05) is 5.56 Å². The van der Waals surface area contributed by atoms with Crippen LogP contribution in [0, 0.1) is 6.92 Å². The van der Waals surface area contributed by atoms with E-state index in [0.29, 0.717) is 47.6 Å². The SMILES string of the molecule is CCOc1cc(C(=O)NNC(=O)c2sc(CC)nc2C)cc(OCC)c1OCC. The fourth-order valence-electron chi connectivity index (χ4n) is 2.58. The zero-order chi connectivity index (χ0) is 21.4. The highest BCUT2D eigenvalue weighted by molar-refractivity contribution is 7.13. The van der Waals surface area contributed by atoms with Gasteiger partial charge >= 0.3 is 0 Å². The Labute approximate surface area is 174 Å². The molecule has 0 fully saturated rings. The minimum atomic E-state index is -0.499. The van der Waals surface area contributed by atoms with Crippen LogP contribution in [0.3, 0.4) is 0 Å². The van der Waals surface area contributed by atoms with Crippen LogP contribution in [0.5, 0.6) is 17.2 Å². The van der Waals surface area contributed by atoms with E-state index in [1.54, 1.807) is 19.1 Å². The van der Waals surface area contributed by atoms with Gasteiger partial charge in [-0.15, -0.1) is 11.3 Å². The molecule has 0 atom stereocenters. The number of benzene rings is 1. The maximum atomic E-state index is 12.6. The van der Waals surface area contributed by atoms with Crippen LogP contribution in [0.15, 0.2) is 12.1 Å². The number of nitrogens with zero attached hydrogens (tertiary/aromatic N) is 1. The zero-order valence-corrected chi connectivity index (χ0v) is 18.2. The number of carbonyl (C=O) groups excluding carboxylic acids is 2. The Morgan fingerprint density at radius 2 is 1.48 bits per heavy atom. The van der Waals surface area contributed by atoms with Crippen LogP contribution in [0.2, 0.25) is 0 Å². The Morgan fingerprint density at radius 1 is 0.931 bits per heavy atom. The third-order valence-electron chi connectivity index (χ3n) is 3.81. The Hall–Kier alpha value is -2.81. The van der Waals surface area contributed by atoms with Crippen LogP contribution in [-0.4, -0.2) is 36.6 Å². The van der Waals surface area contributed by atoms with Crippen molar-refractivity contribution >= 4 is 23.2 Å². The molecule has 158 valence electrons. The van der Waals surface area contributed by atoms with E-state index < -0.39 is 11.8 Å². The molecule has 0 aliphatic carbocycles. The summed E-state index contributed by atoms with van der Waals surface area (Å²) in [7, 11) is 0. The van der Waals surface area contributed by atoms with Gasteiger partial charge in [0.2, 0.25) is 5.75 Å². The molecule has 0 radical (unpaired) electrons. The fourth-order valence-corrected chi connectivity index (χ4v) is 3.48. The molecule has 1 aromatic heterocycles. The number of nitrogens with one attached hydrogen (secondary N) is 2. The quantitative estimate of drug-likeness (QED) is 0.603. The third kappa shape index (κ3) is 5.60. The molecule has 2 rings (SSSR count). The van der Waals surface area contributed by atoms with E-state index in [1.165, 1.54) is 11.3 Å². The van der Waals surface area contributed by atoms with E-state index in [0.717, 1.165) is 11.4 Å². The molecule has 0 aliphatic rings. The second kappa shape index (κ2) is 10.7. The van der Waals surface area contributed by atoms with Gasteiger partial charge in [-0.1, -0.05) is 6.92 Å². The smallest absolute Gasteiger partial charge is 0.281 e. The summed E-state index contributed by atoms with van der Waals surface area (Å²) in [5.74, 6) is 0.352. The summed E-state index contributed by atoms with van der Waals surface area (Å²) in [4.78, 5) is 29.8. The van der Waals surface area contributed by atoms with Gasteiger partial charge in [-0.25, -0.2) is 4.98 Å². The largest absolute Gasteiger partial charge is 0.490 e. The molecule has 0 saturated carbocycles. The van der Waals surface area contributed by atoms with Crippen LogP contribution < -0.4 is 25.1 Å². The van der Waals surface area contributed by atoms with E-state index >= 15 is 0 Å². The van der Waals surface area contributed by atoms with Crippen molar-refractivity contribution in [3.05, 3.63) is 33.3 Å². The predicted molar refractivity (Wildman–Crippen MR) is 111 cm³/mol. The number of thiazole rings is 1. The lowest BCUT2D eigenvalue weighted by Gasteiger charge is -2.17. The van der Waals surface area contributed by atoms with Crippen LogP contribution in [0.4, 0.5) is 0 Å². The standard InChI is InChI=1S/C20H27N3O5S/c1-6-16-21-12(5)18(29-16)20(25)23-22-19(24)13-10-14(26-7-2)17(28-9-4)15(11-13)27-8-3/h10-11H,6-9H2,1-5H3,(H,22,24)(H,23,25). The van der Waals surface area contributed by atoms with Crippen molar-refractivity contribution in [1.82, 2.24) is 15.8 Å². The van der Waals surface area contributed by atoms with Crippen molar-refractivity contribution < 1.29 is 23.8 Å². The first kappa shape index (κ1) is 22.5. The van der Waals surface area contributed by atoms with Crippen molar-refractivity contribution in [2.45, 2.75) is 41.0 Å². The molecule has 1 aromatic carbocycles. The normalized spacial score (nSPS) is 10.4. The van der Waals surface area contributed by atoms with E-state index in [2.05, 4.69) is 15.8 Å². The minimum absolute atomic E-state index is 0.274. The van der Waals surface area contributed by atoms with E-state index in [-0.39, 0.29) is 5.56 Å². The second-order valence-electron chi connectivity index (χ2n) is 5.88. The summed E-state index contributed by atoms with van der Waals surface area (Å²) < 4.78 is 16.9. The van der Waals surface area contributed by atoms with Crippen LogP contribution in [0.25, 0.3) is 0 Å². The topological polar surface area (TPSA) is 98.8 Å². The number of hydrazine groups is 1. The van der Waals surface area contributed by atoms with Gasteiger partial charge in [0.15, 0.2) is 11.5 Å². The molecular formula is C20H27N3O5S. The number of carbonyl (C=O) groups is 2. The highest BCUT2D eigenvalue weighted by Gasteiger charge is 2.20. The molecule has 29 heavy (non-hydrogen) atoms. The first-order valence-electron chi connectivity index (χ1n) is 9.58. The summed E-state index contributed by atoms with van der Waals surface area (Å²) in [6.45, 7) is 10.5. The Balaban J connectivity index is 2.20. The first-order valence-corrected chi connectivity index (χ1v) is 10.4. The summed E-state index contributed by atoms with van der Waals surface area (Å²) in [6, 6.07) is 3.12. The number of aryl methyl sites for hydroxylation is 2. The maximum absolute atomic E-state index is 12.6. The molecule has 0 spiro atoms. The summed E-state index contributed by atoms with van der Waals surface area (Å²) in [6.07, 6.45) is 0.748. The van der Waals surface area contributed by atoms with E-state index in [9.17, 15) is 9.59 Å². The summed E-state index contributed by atoms with van der Waals surface area (Å²) in [5.41, 5.74) is 5.78. The molecule has 2 aromatic rings. The number of rotatable bonds is 9. The molecule has 0 aliphatic heterocycles. The van der Waals surface area contributed by atoms with Gasteiger partial charge in [-0.2, -0.15) is 0 Å². The van der Waals surface area contributed by atoms with Gasteiger partial charge < -0.3 is 14.2 Å². The van der Waals surface area contributed by atoms with Crippen LogP contribution in [-0.2, 0) is 6.42 Å². The van der Waals surface area contributed by atoms with Crippen molar-refractivity contribution in [3.8, 4) is 17.2 Å². The molecule has 8 nitrogen and oxygen atoms in total. The Kier molecular flexibility index (Phi) is 8.26. The molecule has 2 N–H and O–H groups in total. The number of hydrogen-bond donors (Lipinski definition) is 2. The van der Waals surface area contributed by atoms with Crippen molar-refractivity contribution in [1.29, 1.82) is 0 Å². The average Bonchev–Trinajstić information content (AvgIpc) is 3.09. The molecule has 2 amide bonds. The van der Waals surface area contributed by atoms with Gasteiger partial charge in [0.25, 0.3) is 11.8 Å². The second-order valence-corrected chi connectivity index (χ2v) is 6.97. The fraction of sp³-hybridized carbons (Fsp3) is 0.450. The van der Waals surface area contributed by atoms with E-state index in [1.807, 2.05) is 27.7 Å². The summed E-state index contributed by atoms with van der Waals surface area (Å²) in [5, 5.41) is 0.869. The number of amides is 2. The monoisotopic (exact) mass is 421 g/mol. The van der Waals surface area contributed by atoms with Gasteiger partial charge in [0.1, 0.15) is 4.88 Å². The summed E-state index contributed by atoms with van der Waals surface area (Å²) >= 11 is 1.31. The van der Waals surface area contributed by atoms with Crippen LogP contribution >= 0.6 is 11.3 Å². The maximum Gasteiger partial charge on any atom is 0.281 e. The van der Waals surface area contributed by atoms with Gasteiger partial charge in [0.05, 0.1) is 30.5 Å². The Morgan fingerprint density at radius 3 is 1.97 bits per heavy atom. The van der Waals surface area contributed by atoms with E-state index in [4.69, 9.17) is 14.2 Å². The van der Waals surface area contributed by atoms with Gasteiger partial charge in [-0.3, -0.25) is 20.4 Å². The molecule has 0 bridgehead atoms. The van der Waals surface area contributed by atoms with Crippen molar-refractivity contribution in [3.63, 3.8) is 0 Å². The van der Waals surface area contributed by atoms with Crippen molar-refractivity contribution in [2.75, 3.05) is 19.8 Å². The highest BCUT2D eigenvalue weighted by atomic mass is 32.1. The Bertz CT molecular complexity index is 839. The lowest BCUT2D eigenvalue weighted by Crippen LogP contribution is -2.41. The third-order valence-corrected chi connectivity index (χ3v) is 5.11.